The van der Waals surface area contributed by atoms with Crippen molar-refractivity contribution in [3.8, 4) is 0 Å². The fourth-order valence-corrected chi connectivity index (χ4v) is 3.64. The molecule has 0 bridgehead atoms. The van der Waals surface area contributed by atoms with Crippen molar-refractivity contribution in [1.29, 1.82) is 0 Å². The van der Waals surface area contributed by atoms with Crippen molar-refractivity contribution in [2.75, 3.05) is 11.5 Å². The summed E-state index contributed by atoms with van der Waals surface area (Å²) >= 11 is 3.37. The molecule has 2 N–H and O–H groups in total. The minimum Gasteiger partial charge on any atom is -0.383 e. The van der Waals surface area contributed by atoms with Gasteiger partial charge in [0.1, 0.15) is 10.6 Å². The van der Waals surface area contributed by atoms with Crippen LogP contribution in [0, 0.1) is 5.92 Å². The largest absolute Gasteiger partial charge is 0.383 e. The third-order valence-corrected chi connectivity index (χ3v) is 4.89. The maximum absolute atomic E-state index is 5.90. The van der Waals surface area contributed by atoms with E-state index in [0.717, 1.165) is 27.0 Å². The second-order valence-electron chi connectivity index (χ2n) is 4.14. The summed E-state index contributed by atoms with van der Waals surface area (Å²) in [6.07, 6.45) is 4.12. The summed E-state index contributed by atoms with van der Waals surface area (Å²) in [5.41, 5.74) is 5.90. The molecule has 2 heterocycles. The number of nitrogens with zero attached hydrogens (tertiary/aromatic N) is 2. The Labute approximate surface area is 102 Å². The van der Waals surface area contributed by atoms with Gasteiger partial charge in [0.15, 0.2) is 5.16 Å². The number of thiophene rings is 1. The Bertz CT molecular complexity index is 505. The van der Waals surface area contributed by atoms with E-state index < -0.39 is 0 Å². The number of anilines is 1. The Morgan fingerprint density at radius 1 is 1.44 bits per heavy atom. The van der Waals surface area contributed by atoms with Gasteiger partial charge in [-0.15, -0.1) is 11.3 Å². The van der Waals surface area contributed by atoms with Gasteiger partial charge in [-0.25, -0.2) is 9.97 Å². The van der Waals surface area contributed by atoms with Crippen molar-refractivity contribution in [1.82, 2.24) is 9.97 Å². The summed E-state index contributed by atoms with van der Waals surface area (Å²) < 4.78 is 0. The molecule has 2 aromatic rings. The van der Waals surface area contributed by atoms with Gasteiger partial charge >= 0.3 is 0 Å². The lowest BCUT2D eigenvalue weighted by Crippen LogP contribution is -2.13. The van der Waals surface area contributed by atoms with Crippen molar-refractivity contribution < 1.29 is 0 Å². The van der Waals surface area contributed by atoms with Crippen molar-refractivity contribution in [2.24, 2.45) is 5.92 Å². The summed E-state index contributed by atoms with van der Waals surface area (Å²) in [5.74, 6) is 2.62. The van der Waals surface area contributed by atoms with Crippen molar-refractivity contribution >= 4 is 39.1 Å². The highest BCUT2D eigenvalue weighted by Gasteiger charge is 2.18. The van der Waals surface area contributed by atoms with Crippen LogP contribution in [0.15, 0.2) is 16.6 Å². The van der Waals surface area contributed by atoms with E-state index in [2.05, 4.69) is 9.97 Å². The molecular weight excluding hydrogens is 238 g/mol. The number of nitrogen functional groups attached to an aromatic ring is 1. The molecule has 0 aliphatic heterocycles. The van der Waals surface area contributed by atoms with Crippen LogP contribution >= 0.6 is 23.1 Å². The molecule has 0 atom stereocenters. The molecule has 1 fully saturated rings. The maximum atomic E-state index is 5.90. The molecule has 0 saturated heterocycles. The second kappa shape index (κ2) is 4.22. The van der Waals surface area contributed by atoms with E-state index in [1.165, 1.54) is 19.3 Å². The first kappa shape index (κ1) is 10.4. The van der Waals surface area contributed by atoms with Crippen LogP contribution in [0.1, 0.15) is 19.3 Å². The van der Waals surface area contributed by atoms with Gasteiger partial charge in [0, 0.05) is 5.75 Å². The van der Waals surface area contributed by atoms with Crippen molar-refractivity contribution in [3.63, 3.8) is 0 Å². The van der Waals surface area contributed by atoms with Gasteiger partial charge in [0.25, 0.3) is 0 Å². The van der Waals surface area contributed by atoms with Crippen LogP contribution in [-0.4, -0.2) is 15.7 Å². The Hall–Kier alpha value is -0.810. The third-order valence-electron chi connectivity index (χ3n) is 3.01. The summed E-state index contributed by atoms with van der Waals surface area (Å²) in [7, 11) is 0. The molecular formula is C11H13N3S2. The number of aromatic nitrogens is 2. The topological polar surface area (TPSA) is 51.8 Å². The lowest BCUT2D eigenvalue weighted by molar-refractivity contribution is 0.353. The average Bonchev–Trinajstić information content (AvgIpc) is 2.63. The summed E-state index contributed by atoms with van der Waals surface area (Å²) in [4.78, 5) is 9.86. The molecule has 2 aromatic heterocycles. The zero-order chi connectivity index (χ0) is 11.0. The Balaban J connectivity index is 1.80. The van der Waals surface area contributed by atoms with Crippen LogP contribution in [-0.2, 0) is 0 Å². The number of thioether (sulfide) groups is 1. The number of nitrogens with two attached hydrogens (primary N) is 1. The molecule has 0 radical (unpaired) electrons. The molecule has 1 aliphatic carbocycles. The van der Waals surface area contributed by atoms with Crippen LogP contribution in [0.5, 0.6) is 0 Å². The van der Waals surface area contributed by atoms with E-state index in [0.29, 0.717) is 5.82 Å². The number of fused-ring (bicyclic) bond motifs is 1. The first-order chi connectivity index (χ1) is 7.83. The first-order valence-electron chi connectivity index (χ1n) is 5.46. The Morgan fingerprint density at radius 2 is 2.31 bits per heavy atom. The second-order valence-corrected chi connectivity index (χ2v) is 6.02. The minimum atomic E-state index is 0.613. The predicted octanol–water partition coefficient (Wildman–Crippen LogP) is 3.17. The maximum Gasteiger partial charge on any atom is 0.190 e. The molecule has 0 aromatic carbocycles. The molecule has 0 amide bonds. The molecule has 84 valence electrons. The molecule has 3 nitrogen and oxygen atoms in total. The molecule has 3 rings (SSSR count). The Kier molecular flexibility index (Phi) is 2.73. The monoisotopic (exact) mass is 251 g/mol. The van der Waals surface area contributed by atoms with Crippen LogP contribution in [0.3, 0.4) is 0 Å². The SMILES string of the molecule is Nc1nc(SCC2CCC2)nc2sccc12. The van der Waals surface area contributed by atoms with E-state index in [4.69, 9.17) is 5.73 Å². The Morgan fingerprint density at radius 3 is 3.06 bits per heavy atom. The quantitative estimate of drug-likeness (QED) is 0.672. The third kappa shape index (κ3) is 1.89. The van der Waals surface area contributed by atoms with E-state index in [9.17, 15) is 0 Å². The summed E-state index contributed by atoms with van der Waals surface area (Å²) in [5, 5.41) is 3.83. The highest BCUT2D eigenvalue weighted by molar-refractivity contribution is 7.99. The minimum absolute atomic E-state index is 0.613. The van der Waals surface area contributed by atoms with E-state index in [-0.39, 0.29) is 0 Å². The summed E-state index contributed by atoms with van der Waals surface area (Å²) in [6, 6.07) is 1.98. The van der Waals surface area contributed by atoms with Crippen molar-refractivity contribution in [2.45, 2.75) is 24.4 Å². The van der Waals surface area contributed by atoms with Crippen LogP contribution in [0.25, 0.3) is 10.2 Å². The smallest absolute Gasteiger partial charge is 0.190 e. The van der Waals surface area contributed by atoms with Crippen LogP contribution in [0.4, 0.5) is 5.82 Å². The molecule has 1 saturated carbocycles. The molecule has 16 heavy (non-hydrogen) atoms. The van der Waals surface area contributed by atoms with Crippen LogP contribution in [0.2, 0.25) is 0 Å². The zero-order valence-corrected chi connectivity index (χ0v) is 10.5. The normalized spacial score (nSPS) is 16.5. The highest BCUT2D eigenvalue weighted by atomic mass is 32.2. The number of hydrogen-bond acceptors (Lipinski definition) is 5. The van der Waals surface area contributed by atoms with Gasteiger partial charge in [-0.2, -0.15) is 0 Å². The lowest BCUT2D eigenvalue weighted by Gasteiger charge is -2.24. The van der Waals surface area contributed by atoms with Gasteiger partial charge in [-0.05, 0) is 30.2 Å². The molecule has 1 aliphatic rings. The predicted molar refractivity (Wildman–Crippen MR) is 69.9 cm³/mol. The standard InChI is InChI=1S/C11H13N3S2/c12-9-8-4-5-15-10(8)14-11(13-9)16-6-7-2-1-3-7/h4-5,7H,1-3,6H2,(H2,12,13,14). The van der Waals surface area contributed by atoms with Gasteiger partial charge in [-0.3, -0.25) is 0 Å². The zero-order valence-electron chi connectivity index (χ0n) is 8.85. The van der Waals surface area contributed by atoms with Crippen LogP contribution < -0.4 is 5.73 Å². The van der Waals surface area contributed by atoms with Gasteiger partial charge in [0.2, 0.25) is 0 Å². The van der Waals surface area contributed by atoms with E-state index in [1.807, 2.05) is 11.4 Å². The lowest BCUT2D eigenvalue weighted by atomic mass is 9.87. The number of rotatable bonds is 3. The molecule has 5 heteroatoms. The first-order valence-corrected chi connectivity index (χ1v) is 7.33. The fourth-order valence-electron chi connectivity index (χ4n) is 1.77. The van der Waals surface area contributed by atoms with Gasteiger partial charge in [0.05, 0.1) is 5.39 Å². The molecule has 0 spiro atoms. The molecule has 0 unspecified atom stereocenters. The van der Waals surface area contributed by atoms with E-state index >= 15 is 0 Å². The fraction of sp³-hybridized carbons (Fsp3) is 0.455. The number of hydrogen-bond donors (Lipinski definition) is 1. The van der Waals surface area contributed by atoms with Gasteiger partial charge in [-0.1, -0.05) is 18.2 Å². The summed E-state index contributed by atoms with van der Waals surface area (Å²) in [6.45, 7) is 0. The average molecular weight is 251 g/mol. The van der Waals surface area contributed by atoms with Crippen molar-refractivity contribution in [3.05, 3.63) is 11.4 Å². The highest BCUT2D eigenvalue weighted by Crippen LogP contribution is 2.33. The van der Waals surface area contributed by atoms with E-state index in [1.54, 1.807) is 23.1 Å². The van der Waals surface area contributed by atoms with Gasteiger partial charge < -0.3 is 5.73 Å².